The molecular weight excluding hydrogens is 202 g/mol. The maximum atomic E-state index is 11.4. The molecule has 2 unspecified atom stereocenters. The molecule has 0 spiro atoms. The van der Waals surface area contributed by atoms with Gasteiger partial charge in [-0.2, -0.15) is 0 Å². The van der Waals surface area contributed by atoms with Gasteiger partial charge in [0.15, 0.2) is 0 Å². The van der Waals surface area contributed by atoms with Gasteiger partial charge in [0, 0.05) is 11.8 Å². The molecule has 2 atom stereocenters. The number of rotatable bonds is 4. The predicted molar refractivity (Wildman–Crippen MR) is 55.1 cm³/mol. The summed E-state index contributed by atoms with van der Waals surface area (Å²) >= 11 is 5.57. The Labute approximate surface area is 88.4 Å². The molecule has 0 aliphatic heterocycles. The zero-order chi connectivity index (χ0) is 10.6. The van der Waals surface area contributed by atoms with Crippen molar-refractivity contribution in [1.82, 2.24) is 5.32 Å². The van der Waals surface area contributed by atoms with Crippen LogP contribution in [0.5, 0.6) is 0 Å². The smallest absolute Gasteiger partial charge is 0.224 e. The van der Waals surface area contributed by atoms with Crippen molar-refractivity contribution in [1.29, 1.82) is 0 Å². The minimum absolute atomic E-state index is 0.0519. The fraction of sp³-hybridized carbons (Fsp3) is 0.500. The van der Waals surface area contributed by atoms with Crippen LogP contribution in [0.2, 0.25) is 0 Å². The maximum absolute atomic E-state index is 11.4. The van der Waals surface area contributed by atoms with Gasteiger partial charge in [-0.05, 0) is 19.1 Å². The molecule has 1 heterocycles. The molecule has 1 rings (SSSR count). The molecule has 1 aromatic rings. The van der Waals surface area contributed by atoms with E-state index in [9.17, 15) is 4.79 Å². The minimum Gasteiger partial charge on any atom is -0.467 e. The van der Waals surface area contributed by atoms with Crippen molar-refractivity contribution in [2.75, 3.05) is 5.88 Å². The fourth-order valence-electron chi connectivity index (χ4n) is 1.03. The summed E-state index contributed by atoms with van der Waals surface area (Å²) in [7, 11) is 0. The Hall–Kier alpha value is -0.960. The van der Waals surface area contributed by atoms with Gasteiger partial charge in [0.05, 0.1) is 12.3 Å². The van der Waals surface area contributed by atoms with E-state index in [1.54, 1.807) is 19.3 Å². The SMILES string of the molecule is CC(CCl)C(=O)NC(C)c1ccco1. The highest BCUT2D eigenvalue weighted by Crippen LogP contribution is 2.13. The molecule has 3 nitrogen and oxygen atoms in total. The molecule has 1 aromatic heterocycles. The van der Waals surface area contributed by atoms with E-state index in [1.807, 2.05) is 13.0 Å². The van der Waals surface area contributed by atoms with Crippen LogP contribution in [-0.4, -0.2) is 11.8 Å². The third-order valence-corrected chi connectivity index (χ3v) is 2.47. The number of furan rings is 1. The second kappa shape index (κ2) is 5.05. The third kappa shape index (κ3) is 2.77. The van der Waals surface area contributed by atoms with Crippen molar-refractivity contribution in [3.8, 4) is 0 Å². The molecule has 0 saturated heterocycles. The average Bonchev–Trinajstić information content (AvgIpc) is 2.69. The highest BCUT2D eigenvalue weighted by molar-refractivity contribution is 6.19. The van der Waals surface area contributed by atoms with E-state index < -0.39 is 0 Å². The van der Waals surface area contributed by atoms with E-state index >= 15 is 0 Å². The third-order valence-electron chi connectivity index (χ3n) is 2.01. The summed E-state index contributed by atoms with van der Waals surface area (Å²) in [6.07, 6.45) is 1.59. The number of nitrogens with one attached hydrogen (secondary N) is 1. The molecule has 0 aromatic carbocycles. The van der Waals surface area contributed by atoms with Gasteiger partial charge in [0.1, 0.15) is 5.76 Å². The lowest BCUT2D eigenvalue weighted by molar-refractivity contribution is -0.124. The Morgan fingerprint density at radius 2 is 2.36 bits per heavy atom. The first-order valence-corrected chi connectivity index (χ1v) is 5.08. The topological polar surface area (TPSA) is 42.2 Å². The van der Waals surface area contributed by atoms with E-state index in [1.165, 1.54) is 0 Å². The number of carbonyl (C=O) groups excluding carboxylic acids is 1. The van der Waals surface area contributed by atoms with Crippen molar-refractivity contribution in [3.63, 3.8) is 0 Å². The van der Waals surface area contributed by atoms with Crippen molar-refractivity contribution < 1.29 is 9.21 Å². The van der Waals surface area contributed by atoms with E-state index in [2.05, 4.69) is 5.32 Å². The molecule has 0 aliphatic rings. The van der Waals surface area contributed by atoms with Gasteiger partial charge >= 0.3 is 0 Å². The first-order chi connectivity index (χ1) is 6.65. The van der Waals surface area contributed by atoms with Gasteiger partial charge in [0.2, 0.25) is 5.91 Å². The van der Waals surface area contributed by atoms with Gasteiger partial charge in [-0.1, -0.05) is 6.92 Å². The molecule has 0 saturated carbocycles. The van der Waals surface area contributed by atoms with Gasteiger partial charge < -0.3 is 9.73 Å². The lowest BCUT2D eigenvalue weighted by atomic mass is 10.2. The summed E-state index contributed by atoms with van der Waals surface area (Å²) in [6, 6.07) is 3.52. The minimum atomic E-state index is -0.172. The van der Waals surface area contributed by atoms with Crippen LogP contribution in [0.4, 0.5) is 0 Å². The normalized spacial score (nSPS) is 14.8. The van der Waals surface area contributed by atoms with Crippen molar-refractivity contribution >= 4 is 17.5 Å². The Morgan fingerprint density at radius 3 is 2.86 bits per heavy atom. The van der Waals surface area contributed by atoms with Crippen LogP contribution in [0.25, 0.3) is 0 Å². The van der Waals surface area contributed by atoms with Crippen LogP contribution in [0, 0.1) is 5.92 Å². The number of carbonyl (C=O) groups is 1. The van der Waals surface area contributed by atoms with Crippen LogP contribution in [0.3, 0.4) is 0 Å². The first-order valence-electron chi connectivity index (χ1n) is 4.55. The number of amides is 1. The van der Waals surface area contributed by atoms with Crippen molar-refractivity contribution in [3.05, 3.63) is 24.2 Å². The van der Waals surface area contributed by atoms with Crippen LogP contribution in [-0.2, 0) is 4.79 Å². The molecule has 1 amide bonds. The Balaban J connectivity index is 2.49. The zero-order valence-corrected chi connectivity index (χ0v) is 9.04. The molecule has 0 bridgehead atoms. The molecule has 78 valence electrons. The largest absolute Gasteiger partial charge is 0.467 e. The zero-order valence-electron chi connectivity index (χ0n) is 8.29. The molecule has 0 radical (unpaired) electrons. The number of hydrogen-bond donors (Lipinski definition) is 1. The monoisotopic (exact) mass is 215 g/mol. The second-order valence-corrected chi connectivity index (χ2v) is 3.61. The molecule has 0 aliphatic carbocycles. The summed E-state index contributed by atoms with van der Waals surface area (Å²) in [5.41, 5.74) is 0. The number of alkyl halides is 1. The lowest BCUT2D eigenvalue weighted by Gasteiger charge is -2.14. The van der Waals surface area contributed by atoms with Gasteiger partial charge in [-0.3, -0.25) is 4.79 Å². The molecule has 4 heteroatoms. The highest BCUT2D eigenvalue weighted by Gasteiger charge is 2.16. The Bertz CT molecular complexity index is 284. The highest BCUT2D eigenvalue weighted by atomic mass is 35.5. The number of hydrogen-bond acceptors (Lipinski definition) is 2. The van der Waals surface area contributed by atoms with E-state index in [0.29, 0.717) is 5.88 Å². The molecule has 14 heavy (non-hydrogen) atoms. The average molecular weight is 216 g/mol. The fourth-order valence-corrected chi connectivity index (χ4v) is 1.17. The van der Waals surface area contributed by atoms with E-state index in [4.69, 9.17) is 16.0 Å². The molecule has 0 fully saturated rings. The second-order valence-electron chi connectivity index (χ2n) is 3.30. The number of halogens is 1. The molecular formula is C10H14ClNO2. The summed E-state index contributed by atoms with van der Waals surface area (Å²) < 4.78 is 5.16. The van der Waals surface area contributed by atoms with Crippen molar-refractivity contribution in [2.45, 2.75) is 19.9 Å². The molecule has 1 N–H and O–H groups in total. The van der Waals surface area contributed by atoms with Crippen LogP contribution >= 0.6 is 11.6 Å². The summed E-state index contributed by atoms with van der Waals surface area (Å²) in [5, 5.41) is 2.82. The van der Waals surface area contributed by atoms with E-state index in [0.717, 1.165) is 5.76 Å². The standard InChI is InChI=1S/C10H14ClNO2/c1-7(6-11)10(13)12-8(2)9-4-3-5-14-9/h3-5,7-8H,6H2,1-2H3,(H,12,13). The quantitative estimate of drug-likeness (QED) is 0.784. The van der Waals surface area contributed by atoms with Crippen LogP contribution < -0.4 is 5.32 Å². The van der Waals surface area contributed by atoms with E-state index in [-0.39, 0.29) is 17.9 Å². The Kier molecular flexibility index (Phi) is 4.01. The summed E-state index contributed by atoms with van der Waals surface area (Å²) in [6.45, 7) is 3.66. The van der Waals surface area contributed by atoms with Crippen LogP contribution in [0.1, 0.15) is 25.6 Å². The maximum Gasteiger partial charge on any atom is 0.224 e. The summed E-state index contributed by atoms with van der Waals surface area (Å²) in [5.74, 6) is 0.856. The predicted octanol–water partition coefficient (Wildman–Crippen LogP) is 2.33. The van der Waals surface area contributed by atoms with Gasteiger partial charge in [-0.25, -0.2) is 0 Å². The van der Waals surface area contributed by atoms with Crippen molar-refractivity contribution in [2.24, 2.45) is 5.92 Å². The van der Waals surface area contributed by atoms with Crippen LogP contribution in [0.15, 0.2) is 22.8 Å². The van der Waals surface area contributed by atoms with Gasteiger partial charge in [0.25, 0.3) is 0 Å². The lowest BCUT2D eigenvalue weighted by Crippen LogP contribution is -2.32. The van der Waals surface area contributed by atoms with Gasteiger partial charge in [-0.15, -0.1) is 11.6 Å². The summed E-state index contributed by atoms with van der Waals surface area (Å²) in [4.78, 5) is 11.4. The first kappa shape index (κ1) is 11.1. The Morgan fingerprint density at radius 1 is 1.64 bits per heavy atom.